The molecule has 4 amide bonds. The van der Waals surface area contributed by atoms with Gasteiger partial charge in [-0.15, -0.1) is 0 Å². The quantitative estimate of drug-likeness (QED) is 0.747. The molecule has 2 saturated heterocycles. The van der Waals surface area contributed by atoms with Crippen LogP contribution in [-0.4, -0.2) is 47.8 Å². The number of amides is 4. The predicted octanol–water partition coefficient (Wildman–Crippen LogP) is 2.97. The van der Waals surface area contributed by atoms with E-state index in [0.29, 0.717) is 12.1 Å². The molecule has 4 rings (SSSR count). The lowest BCUT2D eigenvalue weighted by Crippen LogP contribution is -2.44. The van der Waals surface area contributed by atoms with Crippen LogP contribution in [0.15, 0.2) is 48.5 Å². The summed E-state index contributed by atoms with van der Waals surface area (Å²) in [5.74, 6) is -0.517. The number of likely N-dealkylation sites (tertiary alicyclic amines) is 1. The van der Waals surface area contributed by atoms with Crippen molar-refractivity contribution in [3.63, 3.8) is 0 Å². The molecule has 0 aromatic heterocycles. The average Bonchev–Trinajstić information content (AvgIpc) is 3.34. The number of methoxy groups -OCH3 is 1. The maximum Gasteiger partial charge on any atom is 0.325 e. The number of hydrogen-bond donors (Lipinski definition) is 1. The molecular formula is C23H24FN3O4. The highest BCUT2D eigenvalue weighted by atomic mass is 19.1. The Morgan fingerprint density at radius 3 is 2.48 bits per heavy atom. The second-order valence-corrected chi connectivity index (χ2v) is 7.97. The van der Waals surface area contributed by atoms with E-state index in [-0.39, 0.29) is 18.5 Å². The largest absolute Gasteiger partial charge is 0.497 e. The van der Waals surface area contributed by atoms with Crippen molar-refractivity contribution in [3.8, 4) is 5.75 Å². The molecule has 0 aliphatic carbocycles. The fourth-order valence-electron chi connectivity index (χ4n) is 4.28. The van der Waals surface area contributed by atoms with E-state index in [1.165, 1.54) is 24.3 Å². The Labute approximate surface area is 179 Å². The molecule has 0 spiro atoms. The van der Waals surface area contributed by atoms with Crippen LogP contribution in [0.3, 0.4) is 0 Å². The molecule has 7 nitrogen and oxygen atoms in total. The highest BCUT2D eigenvalue weighted by Gasteiger charge is 2.50. The van der Waals surface area contributed by atoms with Crippen LogP contribution >= 0.6 is 0 Å². The Bertz CT molecular complexity index is 1010. The lowest BCUT2D eigenvalue weighted by atomic mass is 9.92. The van der Waals surface area contributed by atoms with E-state index in [1.807, 2.05) is 24.3 Å². The zero-order valence-electron chi connectivity index (χ0n) is 17.4. The van der Waals surface area contributed by atoms with Gasteiger partial charge in [-0.05, 0) is 55.2 Å². The van der Waals surface area contributed by atoms with E-state index in [9.17, 15) is 18.8 Å². The number of nitrogens with zero attached hydrogens (tertiary/aromatic N) is 2. The highest BCUT2D eigenvalue weighted by molar-refractivity contribution is 6.09. The highest BCUT2D eigenvalue weighted by Crippen LogP contribution is 2.34. The van der Waals surface area contributed by atoms with Gasteiger partial charge in [-0.3, -0.25) is 14.5 Å². The number of rotatable bonds is 5. The van der Waals surface area contributed by atoms with Gasteiger partial charge < -0.3 is 15.0 Å². The molecule has 0 saturated carbocycles. The average molecular weight is 425 g/mol. The van der Waals surface area contributed by atoms with Crippen molar-refractivity contribution in [2.45, 2.75) is 31.3 Å². The Morgan fingerprint density at radius 1 is 1.16 bits per heavy atom. The number of nitrogens with one attached hydrogen (secondary N) is 1. The van der Waals surface area contributed by atoms with Crippen molar-refractivity contribution in [1.29, 1.82) is 0 Å². The normalized spacial score (nSPS) is 23.3. The van der Waals surface area contributed by atoms with Gasteiger partial charge in [0.05, 0.1) is 13.2 Å². The third kappa shape index (κ3) is 3.73. The Hall–Kier alpha value is -3.42. The molecule has 2 aliphatic heterocycles. The summed E-state index contributed by atoms with van der Waals surface area (Å²) in [6, 6.07) is 12.2. The summed E-state index contributed by atoms with van der Waals surface area (Å²) in [4.78, 5) is 41.3. The van der Waals surface area contributed by atoms with E-state index in [1.54, 1.807) is 18.9 Å². The Morgan fingerprint density at radius 2 is 1.84 bits per heavy atom. The summed E-state index contributed by atoms with van der Waals surface area (Å²) in [7, 11) is 1.60. The van der Waals surface area contributed by atoms with Crippen molar-refractivity contribution in [2.24, 2.45) is 0 Å². The van der Waals surface area contributed by atoms with E-state index in [4.69, 9.17) is 4.74 Å². The van der Waals surface area contributed by atoms with E-state index >= 15 is 0 Å². The summed E-state index contributed by atoms with van der Waals surface area (Å²) >= 11 is 0. The van der Waals surface area contributed by atoms with Gasteiger partial charge >= 0.3 is 6.03 Å². The molecule has 2 atom stereocenters. The fraction of sp³-hybridized carbons (Fsp3) is 0.348. The number of carbonyl (C=O) groups is 3. The smallest absolute Gasteiger partial charge is 0.325 e. The van der Waals surface area contributed by atoms with Crippen molar-refractivity contribution in [2.75, 3.05) is 20.2 Å². The number of benzene rings is 2. The molecule has 31 heavy (non-hydrogen) atoms. The third-order valence-electron chi connectivity index (χ3n) is 6.06. The molecule has 0 radical (unpaired) electrons. The van der Waals surface area contributed by atoms with Crippen LogP contribution < -0.4 is 10.1 Å². The maximum atomic E-state index is 13.3. The van der Waals surface area contributed by atoms with Gasteiger partial charge in [-0.2, -0.15) is 0 Å². The van der Waals surface area contributed by atoms with Gasteiger partial charge in [0.1, 0.15) is 23.7 Å². The van der Waals surface area contributed by atoms with Crippen molar-refractivity contribution < 1.29 is 23.5 Å². The first-order valence-electron chi connectivity index (χ1n) is 10.2. The number of hydrogen-bond acceptors (Lipinski definition) is 4. The molecule has 8 heteroatoms. The molecule has 2 aromatic rings. The topological polar surface area (TPSA) is 79.0 Å². The van der Waals surface area contributed by atoms with Crippen LogP contribution in [0.25, 0.3) is 0 Å². The molecule has 1 N–H and O–H groups in total. The molecule has 2 aromatic carbocycles. The van der Waals surface area contributed by atoms with Crippen LogP contribution in [0, 0.1) is 5.82 Å². The standard InChI is InChI=1S/C23H24FN3O4/c1-23(16-7-9-17(24)10-8-16)21(29)27(22(30)25-23)14-20(28)26-13-3-4-19(26)15-5-11-18(31-2)12-6-15/h5-12,19H,3-4,13-14H2,1-2H3,(H,25,30)/t19-,23+/m0/s1. The number of urea groups is 1. The van der Waals surface area contributed by atoms with Crippen LogP contribution in [0.2, 0.25) is 0 Å². The Kier molecular flexibility index (Phi) is 5.39. The molecule has 2 heterocycles. The lowest BCUT2D eigenvalue weighted by Gasteiger charge is -2.27. The molecule has 2 fully saturated rings. The molecule has 0 unspecified atom stereocenters. The molecule has 162 valence electrons. The summed E-state index contributed by atoms with van der Waals surface area (Å²) in [5.41, 5.74) is 0.102. The van der Waals surface area contributed by atoms with Crippen LogP contribution in [-0.2, 0) is 15.1 Å². The van der Waals surface area contributed by atoms with Gasteiger partial charge in [0.15, 0.2) is 0 Å². The van der Waals surface area contributed by atoms with Gasteiger partial charge in [0.2, 0.25) is 5.91 Å². The maximum absolute atomic E-state index is 13.3. The fourth-order valence-corrected chi connectivity index (χ4v) is 4.28. The van der Waals surface area contributed by atoms with E-state index < -0.39 is 23.3 Å². The zero-order chi connectivity index (χ0) is 22.2. The molecule has 2 aliphatic rings. The number of halogens is 1. The Balaban J connectivity index is 1.50. The third-order valence-corrected chi connectivity index (χ3v) is 6.06. The van der Waals surface area contributed by atoms with E-state index in [0.717, 1.165) is 29.1 Å². The SMILES string of the molecule is COc1ccc([C@@H]2CCCN2C(=O)CN2C(=O)N[C@](C)(c3ccc(F)cc3)C2=O)cc1. The molecular weight excluding hydrogens is 401 g/mol. The van der Waals surface area contributed by atoms with Gasteiger partial charge in [0.25, 0.3) is 5.91 Å². The summed E-state index contributed by atoms with van der Waals surface area (Å²) in [5, 5.41) is 2.65. The first-order chi connectivity index (χ1) is 14.8. The van der Waals surface area contributed by atoms with Crippen LogP contribution in [0.1, 0.15) is 36.9 Å². The van der Waals surface area contributed by atoms with E-state index in [2.05, 4.69) is 5.32 Å². The summed E-state index contributed by atoms with van der Waals surface area (Å²) in [6.07, 6.45) is 1.65. The van der Waals surface area contributed by atoms with Crippen LogP contribution in [0.5, 0.6) is 5.75 Å². The number of imide groups is 1. The van der Waals surface area contributed by atoms with Crippen molar-refractivity contribution >= 4 is 17.8 Å². The van der Waals surface area contributed by atoms with Crippen LogP contribution in [0.4, 0.5) is 9.18 Å². The lowest BCUT2D eigenvalue weighted by molar-refractivity contribution is -0.139. The zero-order valence-corrected chi connectivity index (χ0v) is 17.4. The van der Waals surface area contributed by atoms with Gasteiger partial charge in [0, 0.05) is 6.54 Å². The van der Waals surface area contributed by atoms with Gasteiger partial charge in [-0.1, -0.05) is 24.3 Å². The minimum atomic E-state index is -1.34. The van der Waals surface area contributed by atoms with Crippen molar-refractivity contribution in [1.82, 2.24) is 15.1 Å². The predicted molar refractivity (Wildman–Crippen MR) is 111 cm³/mol. The minimum Gasteiger partial charge on any atom is -0.497 e. The number of carbonyl (C=O) groups excluding carboxylic acids is 3. The second-order valence-electron chi connectivity index (χ2n) is 7.97. The second kappa shape index (κ2) is 8.02. The molecule has 0 bridgehead atoms. The summed E-state index contributed by atoms with van der Waals surface area (Å²) < 4.78 is 18.5. The summed E-state index contributed by atoms with van der Waals surface area (Å²) in [6.45, 7) is 1.78. The van der Waals surface area contributed by atoms with Crippen molar-refractivity contribution in [3.05, 3.63) is 65.5 Å². The first-order valence-corrected chi connectivity index (χ1v) is 10.2. The van der Waals surface area contributed by atoms with Gasteiger partial charge in [-0.25, -0.2) is 9.18 Å². The number of ether oxygens (including phenoxy) is 1. The monoisotopic (exact) mass is 425 g/mol. The minimum absolute atomic E-state index is 0.109. The first kappa shape index (κ1) is 20.8.